The summed E-state index contributed by atoms with van der Waals surface area (Å²) in [6.07, 6.45) is 13.2. The topological polar surface area (TPSA) is 49.7 Å². The standard InChI is InChI=1S/C18H31BO3/c1-2-3-4-5-6-7-8-9-10-11-16-22-18-14-12-17(13-15-18)19(20)21/h12-15,20-21H,2-11,16H2,1H3. The molecule has 4 heteroatoms. The zero-order valence-electron chi connectivity index (χ0n) is 14.0. The zero-order chi connectivity index (χ0) is 16.0. The molecular weight excluding hydrogens is 275 g/mol. The molecule has 0 saturated heterocycles. The van der Waals surface area contributed by atoms with Crippen molar-refractivity contribution in [2.75, 3.05) is 6.61 Å². The third-order valence-electron chi connectivity index (χ3n) is 3.94. The lowest BCUT2D eigenvalue weighted by molar-refractivity contribution is 0.304. The van der Waals surface area contributed by atoms with Crippen molar-refractivity contribution in [3.8, 4) is 5.75 Å². The quantitative estimate of drug-likeness (QED) is 0.432. The molecule has 1 rings (SSSR count). The summed E-state index contributed by atoms with van der Waals surface area (Å²) < 4.78 is 5.65. The Morgan fingerprint density at radius 2 is 1.27 bits per heavy atom. The predicted octanol–water partition coefficient (Wildman–Crippen LogP) is 3.67. The second-order valence-corrected chi connectivity index (χ2v) is 5.97. The van der Waals surface area contributed by atoms with E-state index in [0.29, 0.717) is 5.46 Å². The van der Waals surface area contributed by atoms with Crippen LogP contribution in [0.2, 0.25) is 0 Å². The van der Waals surface area contributed by atoms with Gasteiger partial charge in [0.15, 0.2) is 0 Å². The van der Waals surface area contributed by atoms with Gasteiger partial charge in [0.25, 0.3) is 0 Å². The van der Waals surface area contributed by atoms with Gasteiger partial charge in [0.1, 0.15) is 5.75 Å². The Bertz CT molecular complexity index is 365. The molecule has 0 fully saturated rings. The van der Waals surface area contributed by atoms with Crippen LogP contribution in [0.25, 0.3) is 0 Å². The molecule has 22 heavy (non-hydrogen) atoms. The highest BCUT2D eigenvalue weighted by Gasteiger charge is 2.09. The Labute approximate surface area is 135 Å². The summed E-state index contributed by atoms with van der Waals surface area (Å²) in [5.74, 6) is 0.792. The second kappa shape index (κ2) is 12.5. The van der Waals surface area contributed by atoms with Gasteiger partial charge in [-0.1, -0.05) is 76.8 Å². The molecule has 3 nitrogen and oxygen atoms in total. The van der Waals surface area contributed by atoms with E-state index in [0.717, 1.165) is 18.8 Å². The monoisotopic (exact) mass is 306 g/mol. The summed E-state index contributed by atoms with van der Waals surface area (Å²) in [5, 5.41) is 18.0. The number of unbranched alkanes of at least 4 members (excludes halogenated alkanes) is 9. The first-order valence-corrected chi connectivity index (χ1v) is 8.83. The van der Waals surface area contributed by atoms with Gasteiger partial charge in [-0.25, -0.2) is 0 Å². The molecule has 0 saturated carbocycles. The molecule has 2 N–H and O–H groups in total. The highest BCUT2D eigenvalue weighted by Crippen LogP contribution is 2.12. The Hall–Kier alpha value is -0.995. The molecule has 0 aromatic heterocycles. The molecule has 0 spiro atoms. The molecule has 1 aromatic carbocycles. The molecule has 0 heterocycles. The van der Waals surface area contributed by atoms with Crippen molar-refractivity contribution in [1.29, 1.82) is 0 Å². The molecule has 0 aliphatic carbocycles. The van der Waals surface area contributed by atoms with Crippen LogP contribution in [0.15, 0.2) is 24.3 Å². The van der Waals surface area contributed by atoms with E-state index >= 15 is 0 Å². The van der Waals surface area contributed by atoms with Gasteiger partial charge in [-0.05, 0) is 24.0 Å². The van der Waals surface area contributed by atoms with Crippen LogP contribution in [0.4, 0.5) is 0 Å². The molecule has 0 amide bonds. The number of hydrogen-bond donors (Lipinski definition) is 2. The number of benzene rings is 1. The smallest absolute Gasteiger partial charge is 0.488 e. The highest BCUT2D eigenvalue weighted by atomic mass is 16.5. The minimum absolute atomic E-state index is 0.492. The summed E-state index contributed by atoms with van der Waals surface area (Å²) in [5.41, 5.74) is 0.492. The minimum Gasteiger partial charge on any atom is -0.494 e. The van der Waals surface area contributed by atoms with Crippen molar-refractivity contribution in [1.82, 2.24) is 0 Å². The molecule has 0 aliphatic heterocycles. The van der Waals surface area contributed by atoms with Crippen LogP contribution in [0.1, 0.15) is 71.1 Å². The first-order valence-electron chi connectivity index (χ1n) is 8.83. The fraction of sp³-hybridized carbons (Fsp3) is 0.667. The van der Waals surface area contributed by atoms with Crippen molar-refractivity contribution >= 4 is 12.6 Å². The highest BCUT2D eigenvalue weighted by molar-refractivity contribution is 6.58. The van der Waals surface area contributed by atoms with Crippen molar-refractivity contribution in [2.45, 2.75) is 71.1 Å². The van der Waals surface area contributed by atoms with Gasteiger partial charge in [0, 0.05) is 0 Å². The van der Waals surface area contributed by atoms with Crippen LogP contribution in [0.3, 0.4) is 0 Å². The number of rotatable bonds is 13. The SMILES string of the molecule is CCCCCCCCCCCCOc1ccc(B(O)O)cc1. The van der Waals surface area contributed by atoms with Crippen LogP contribution >= 0.6 is 0 Å². The maximum atomic E-state index is 9.01. The lowest BCUT2D eigenvalue weighted by Gasteiger charge is -2.07. The summed E-state index contributed by atoms with van der Waals surface area (Å²) in [6.45, 7) is 2.99. The average molecular weight is 306 g/mol. The van der Waals surface area contributed by atoms with Gasteiger partial charge in [-0.15, -0.1) is 0 Å². The van der Waals surface area contributed by atoms with Gasteiger partial charge in [0.05, 0.1) is 6.61 Å². The van der Waals surface area contributed by atoms with Crippen LogP contribution in [-0.2, 0) is 0 Å². The van der Waals surface area contributed by atoms with Crippen molar-refractivity contribution < 1.29 is 14.8 Å². The molecule has 0 atom stereocenters. The summed E-state index contributed by atoms with van der Waals surface area (Å²) in [6, 6.07) is 6.92. The maximum absolute atomic E-state index is 9.01. The van der Waals surface area contributed by atoms with E-state index in [4.69, 9.17) is 14.8 Å². The van der Waals surface area contributed by atoms with Gasteiger partial charge in [0.2, 0.25) is 0 Å². The Morgan fingerprint density at radius 1 is 0.773 bits per heavy atom. The van der Waals surface area contributed by atoms with E-state index in [1.807, 2.05) is 0 Å². The van der Waals surface area contributed by atoms with E-state index in [2.05, 4.69) is 6.92 Å². The molecule has 0 aliphatic rings. The molecule has 124 valence electrons. The van der Waals surface area contributed by atoms with Crippen molar-refractivity contribution in [3.63, 3.8) is 0 Å². The van der Waals surface area contributed by atoms with Gasteiger partial charge in [-0.2, -0.15) is 0 Å². The normalized spacial score (nSPS) is 10.7. The predicted molar refractivity (Wildman–Crippen MR) is 93.6 cm³/mol. The largest absolute Gasteiger partial charge is 0.494 e. The fourth-order valence-electron chi connectivity index (χ4n) is 2.52. The summed E-state index contributed by atoms with van der Waals surface area (Å²) in [4.78, 5) is 0. The minimum atomic E-state index is -1.41. The molecule has 1 aromatic rings. The first kappa shape index (κ1) is 19.1. The van der Waals surface area contributed by atoms with E-state index in [-0.39, 0.29) is 0 Å². The Morgan fingerprint density at radius 3 is 1.77 bits per heavy atom. The lowest BCUT2D eigenvalue weighted by atomic mass is 9.80. The Kier molecular flexibility index (Phi) is 10.9. The molecule has 0 radical (unpaired) electrons. The number of ether oxygens (including phenoxy) is 1. The van der Waals surface area contributed by atoms with Crippen LogP contribution in [0.5, 0.6) is 5.75 Å². The Balaban J connectivity index is 1.93. The van der Waals surface area contributed by atoms with Crippen LogP contribution in [0, 0.1) is 0 Å². The van der Waals surface area contributed by atoms with Gasteiger partial charge < -0.3 is 14.8 Å². The van der Waals surface area contributed by atoms with Crippen molar-refractivity contribution in [2.24, 2.45) is 0 Å². The van der Waals surface area contributed by atoms with E-state index < -0.39 is 7.12 Å². The molecule has 0 bridgehead atoms. The molecular formula is C18H31BO3. The van der Waals surface area contributed by atoms with Gasteiger partial charge >= 0.3 is 7.12 Å². The van der Waals surface area contributed by atoms with Gasteiger partial charge in [-0.3, -0.25) is 0 Å². The zero-order valence-corrected chi connectivity index (χ0v) is 14.0. The summed E-state index contributed by atoms with van der Waals surface area (Å²) in [7, 11) is -1.41. The van der Waals surface area contributed by atoms with Crippen LogP contribution in [-0.4, -0.2) is 23.8 Å². The molecule has 0 unspecified atom stereocenters. The second-order valence-electron chi connectivity index (χ2n) is 5.97. The average Bonchev–Trinajstić information content (AvgIpc) is 2.53. The third-order valence-corrected chi connectivity index (χ3v) is 3.94. The van der Waals surface area contributed by atoms with Crippen molar-refractivity contribution in [3.05, 3.63) is 24.3 Å². The van der Waals surface area contributed by atoms with E-state index in [1.54, 1.807) is 24.3 Å². The third kappa shape index (κ3) is 9.11. The number of hydrogen-bond acceptors (Lipinski definition) is 3. The van der Waals surface area contributed by atoms with E-state index in [9.17, 15) is 0 Å². The lowest BCUT2D eigenvalue weighted by Crippen LogP contribution is -2.29. The van der Waals surface area contributed by atoms with Crippen LogP contribution < -0.4 is 10.2 Å². The fourth-order valence-corrected chi connectivity index (χ4v) is 2.52. The maximum Gasteiger partial charge on any atom is 0.488 e. The van der Waals surface area contributed by atoms with E-state index in [1.165, 1.54) is 57.8 Å². The first-order chi connectivity index (χ1) is 10.7. The summed E-state index contributed by atoms with van der Waals surface area (Å²) >= 11 is 0.